The molecule has 1 N–H and O–H groups in total. The predicted molar refractivity (Wildman–Crippen MR) is 67.0 cm³/mol. The van der Waals surface area contributed by atoms with Crippen LogP contribution in [-0.4, -0.2) is 50.7 Å². The van der Waals surface area contributed by atoms with Crippen molar-refractivity contribution in [2.45, 2.75) is 37.8 Å². The Bertz CT molecular complexity index is 206. The molecule has 1 fully saturated rings. The molecule has 16 heavy (non-hydrogen) atoms. The highest BCUT2D eigenvalue weighted by molar-refractivity contribution is 5.85. The van der Waals surface area contributed by atoms with Gasteiger partial charge in [-0.05, 0) is 32.7 Å². The maximum absolute atomic E-state index is 11.6. The van der Waals surface area contributed by atoms with Gasteiger partial charge in [0.15, 0.2) is 0 Å². The number of halogens is 1. The summed E-state index contributed by atoms with van der Waals surface area (Å²) in [4.78, 5) is 13.5. The van der Waals surface area contributed by atoms with Crippen molar-refractivity contribution < 1.29 is 9.53 Å². The van der Waals surface area contributed by atoms with E-state index in [1.54, 1.807) is 14.2 Å². The summed E-state index contributed by atoms with van der Waals surface area (Å²) in [7, 11) is 5.46. The van der Waals surface area contributed by atoms with Gasteiger partial charge in [-0.15, -0.1) is 12.4 Å². The van der Waals surface area contributed by atoms with E-state index in [4.69, 9.17) is 4.74 Å². The molecular weight excluding hydrogens is 228 g/mol. The van der Waals surface area contributed by atoms with Crippen LogP contribution < -0.4 is 5.32 Å². The maximum Gasteiger partial charge on any atom is 0.236 e. The zero-order chi connectivity index (χ0) is 11.3. The maximum atomic E-state index is 11.6. The molecule has 1 amide bonds. The molecule has 4 nitrogen and oxygen atoms in total. The third-order valence-electron chi connectivity index (χ3n) is 3.25. The highest BCUT2D eigenvalue weighted by Crippen LogP contribution is 2.23. The number of likely N-dealkylation sites (N-methyl/N-ethyl adjacent to an activating group) is 2. The van der Waals surface area contributed by atoms with Gasteiger partial charge in [-0.2, -0.15) is 0 Å². The van der Waals surface area contributed by atoms with Gasteiger partial charge in [0, 0.05) is 20.2 Å². The van der Waals surface area contributed by atoms with Crippen molar-refractivity contribution in [1.29, 1.82) is 0 Å². The summed E-state index contributed by atoms with van der Waals surface area (Å²) in [5.41, 5.74) is 0. The number of carbonyl (C=O) groups is 1. The van der Waals surface area contributed by atoms with Crippen molar-refractivity contribution >= 4 is 18.3 Å². The van der Waals surface area contributed by atoms with E-state index in [1.807, 2.05) is 11.9 Å². The number of hydrogen-bond acceptors (Lipinski definition) is 3. The van der Waals surface area contributed by atoms with Crippen LogP contribution in [0.1, 0.15) is 25.7 Å². The van der Waals surface area contributed by atoms with E-state index >= 15 is 0 Å². The third-order valence-corrected chi connectivity index (χ3v) is 3.25. The summed E-state index contributed by atoms with van der Waals surface area (Å²) in [5, 5.41) is 2.89. The molecule has 0 aromatic heterocycles. The zero-order valence-corrected chi connectivity index (χ0v) is 11.2. The van der Waals surface area contributed by atoms with Gasteiger partial charge in [-0.3, -0.25) is 4.79 Å². The van der Waals surface area contributed by atoms with Crippen molar-refractivity contribution in [2.24, 2.45) is 0 Å². The molecule has 0 saturated heterocycles. The van der Waals surface area contributed by atoms with Gasteiger partial charge in [0.1, 0.15) is 0 Å². The molecule has 0 unspecified atom stereocenters. The van der Waals surface area contributed by atoms with Crippen molar-refractivity contribution in [3.63, 3.8) is 0 Å². The Morgan fingerprint density at radius 3 is 2.38 bits per heavy atom. The molecule has 96 valence electrons. The summed E-state index contributed by atoms with van der Waals surface area (Å²) in [6.45, 7) is 0.431. The van der Waals surface area contributed by atoms with Crippen molar-refractivity contribution in [3.05, 3.63) is 0 Å². The minimum absolute atomic E-state index is 0. The third kappa shape index (κ3) is 4.28. The SMILES string of the molecule is CNCC(=O)N(C)C1CCC(OC)CC1.Cl. The number of nitrogens with one attached hydrogen (secondary N) is 1. The van der Waals surface area contributed by atoms with Crippen LogP contribution >= 0.6 is 12.4 Å². The van der Waals surface area contributed by atoms with E-state index in [1.165, 1.54) is 0 Å². The highest BCUT2D eigenvalue weighted by Gasteiger charge is 2.25. The Morgan fingerprint density at radius 2 is 1.94 bits per heavy atom. The van der Waals surface area contributed by atoms with Crippen LogP contribution in [0.5, 0.6) is 0 Å². The van der Waals surface area contributed by atoms with Gasteiger partial charge in [0.25, 0.3) is 0 Å². The molecule has 5 heteroatoms. The Balaban J connectivity index is 0.00000225. The van der Waals surface area contributed by atoms with Gasteiger partial charge in [0.2, 0.25) is 5.91 Å². The van der Waals surface area contributed by atoms with Gasteiger partial charge < -0.3 is 15.0 Å². The second-order valence-electron chi connectivity index (χ2n) is 4.20. The monoisotopic (exact) mass is 250 g/mol. The fraction of sp³-hybridized carbons (Fsp3) is 0.909. The highest BCUT2D eigenvalue weighted by atomic mass is 35.5. The molecule has 1 rings (SSSR count). The van der Waals surface area contributed by atoms with Crippen LogP contribution in [0.15, 0.2) is 0 Å². The Morgan fingerprint density at radius 1 is 1.38 bits per heavy atom. The molecule has 0 aromatic rings. The van der Waals surface area contributed by atoms with E-state index < -0.39 is 0 Å². The first-order chi connectivity index (χ1) is 7.19. The van der Waals surface area contributed by atoms with Crippen LogP contribution in [0.25, 0.3) is 0 Å². The quantitative estimate of drug-likeness (QED) is 0.811. The normalized spacial score (nSPS) is 24.7. The molecule has 1 aliphatic rings. The van der Waals surface area contributed by atoms with E-state index in [-0.39, 0.29) is 18.3 Å². The second-order valence-corrected chi connectivity index (χ2v) is 4.20. The number of methoxy groups -OCH3 is 1. The molecule has 0 radical (unpaired) electrons. The minimum Gasteiger partial charge on any atom is -0.381 e. The Labute approximate surface area is 104 Å². The summed E-state index contributed by atoms with van der Waals surface area (Å²) in [6.07, 6.45) is 4.65. The first-order valence-electron chi connectivity index (χ1n) is 5.62. The molecule has 0 aliphatic heterocycles. The number of rotatable bonds is 4. The topological polar surface area (TPSA) is 41.6 Å². The van der Waals surface area contributed by atoms with Crippen LogP contribution in [-0.2, 0) is 9.53 Å². The largest absolute Gasteiger partial charge is 0.381 e. The molecular formula is C11H23ClN2O2. The van der Waals surface area contributed by atoms with Crippen molar-refractivity contribution in [3.8, 4) is 0 Å². The molecule has 0 atom stereocenters. The van der Waals surface area contributed by atoms with Crippen LogP contribution in [0, 0.1) is 0 Å². The lowest BCUT2D eigenvalue weighted by Gasteiger charge is -2.34. The average Bonchev–Trinajstić information content (AvgIpc) is 2.28. The molecule has 1 saturated carbocycles. The fourth-order valence-electron chi connectivity index (χ4n) is 2.15. The van der Waals surface area contributed by atoms with Crippen molar-refractivity contribution in [2.75, 3.05) is 27.7 Å². The predicted octanol–water partition coefficient (Wildman–Crippen LogP) is 1.04. The number of nitrogens with zero attached hydrogens (tertiary/aromatic N) is 1. The molecule has 0 aromatic carbocycles. The lowest BCUT2D eigenvalue weighted by atomic mass is 9.92. The number of carbonyl (C=O) groups excluding carboxylic acids is 1. The summed E-state index contributed by atoms with van der Waals surface area (Å²) < 4.78 is 5.31. The Hall–Kier alpha value is -0.320. The van der Waals surface area contributed by atoms with Gasteiger partial charge in [-0.25, -0.2) is 0 Å². The second kappa shape index (κ2) is 7.87. The summed E-state index contributed by atoms with van der Waals surface area (Å²) in [5.74, 6) is 0.179. The molecule has 1 aliphatic carbocycles. The number of ether oxygens (including phenoxy) is 1. The fourth-order valence-corrected chi connectivity index (χ4v) is 2.15. The molecule has 0 bridgehead atoms. The van der Waals surface area contributed by atoms with E-state index in [0.29, 0.717) is 18.7 Å². The number of amides is 1. The first-order valence-corrected chi connectivity index (χ1v) is 5.62. The van der Waals surface area contributed by atoms with Gasteiger partial charge >= 0.3 is 0 Å². The standard InChI is InChI=1S/C11H22N2O2.ClH/c1-12-8-11(14)13(2)9-4-6-10(15-3)7-5-9;/h9-10,12H,4-8H2,1-3H3;1H. The van der Waals surface area contributed by atoms with Crippen LogP contribution in [0.3, 0.4) is 0 Å². The molecule has 0 heterocycles. The average molecular weight is 251 g/mol. The smallest absolute Gasteiger partial charge is 0.236 e. The van der Waals surface area contributed by atoms with Gasteiger partial charge in [0.05, 0.1) is 12.6 Å². The molecule has 0 spiro atoms. The Kier molecular flexibility index (Phi) is 7.72. The van der Waals surface area contributed by atoms with E-state index in [2.05, 4.69) is 5.32 Å². The van der Waals surface area contributed by atoms with Crippen LogP contribution in [0.2, 0.25) is 0 Å². The zero-order valence-electron chi connectivity index (χ0n) is 10.4. The number of hydrogen-bond donors (Lipinski definition) is 1. The summed E-state index contributed by atoms with van der Waals surface area (Å²) >= 11 is 0. The van der Waals surface area contributed by atoms with Gasteiger partial charge in [-0.1, -0.05) is 0 Å². The summed E-state index contributed by atoms with van der Waals surface area (Å²) in [6, 6.07) is 0.400. The lowest BCUT2D eigenvalue weighted by Crippen LogP contribution is -2.43. The minimum atomic E-state index is 0. The van der Waals surface area contributed by atoms with E-state index in [0.717, 1.165) is 25.7 Å². The van der Waals surface area contributed by atoms with Crippen molar-refractivity contribution in [1.82, 2.24) is 10.2 Å². The van der Waals surface area contributed by atoms with Crippen LogP contribution in [0.4, 0.5) is 0 Å². The van der Waals surface area contributed by atoms with E-state index in [9.17, 15) is 4.79 Å². The first kappa shape index (κ1) is 15.7. The lowest BCUT2D eigenvalue weighted by molar-refractivity contribution is -0.132.